The first-order valence-corrected chi connectivity index (χ1v) is 7.75. The van der Waals surface area contributed by atoms with Crippen molar-refractivity contribution in [2.45, 2.75) is 52.7 Å². The van der Waals surface area contributed by atoms with Gasteiger partial charge in [0.25, 0.3) is 0 Å². The second-order valence-electron chi connectivity index (χ2n) is 7.20. The van der Waals surface area contributed by atoms with Crippen molar-refractivity contribution in [2.75, 3.05) is 6.61 Å². The van der Waals surface area contributed by atoms with Crippen LogP contribution < -0.4 is 5.46 Å². The van der Waals surface area contributed by atoms with Gasteiger partial charge in [0.1, 0.15) is 0 Å². The molecule has 0 aliphatic carbocycles. The van der Waals surface area contributed by atoms with E-state index in [0.717, 1.165) is 5.46 Å². The summed E-state index contributed by atoms with van der Waals surface area (Å²) in [4.78, 5) is 11.9. The van der Waals surface area contributed by atoms with E-state index in [4.69, 9.17) is 14.0 Å². The zero-order chi connectivity index (χ0) is 16.5. The van der Waals surface area contributed by atoms with E-state index in [1.807, 2.05) is 53.7 Å². The van der Waals surface area contributed by atoms with Crippen molar-refractivity contribution in [1.82, 2.24) is 0 Å². The van der Waals surface area contributed by atoms with Crippen LogP contribution in [0.1, 0.15) is 51.9 Å². The highest BCUT2D eigenvalue weighted by atomic mass is 16.7. The van der Waals surface area contributed by atoms with Gasteiger partial charge in [-0.15, -0.1) is 0 Å². The van der Waals surface area contributed by atoms with Gasteiger partial charge in [0.15, 0.2) is 0 Å². The molecule has 5 heteroatoms. The molecule has 0 amide bonds. The van der Waals surface area contributed by atoms with Gasteiger partial charge in [0.2, 0.25) is 0 Å². The summed E-state index contributed by atoms with van der Waals surface area (Å²) in [5, 5.41) is 0. The van der Waals surface area contributed by atoms with Gasteiger partial charge >= 0.3 is 13.1 Å². The van der Waals surface area contributed by atoms with Crippen LogP contribution in [0.5, 0.6) is 0 Å². The molecule has 4 nitrogen and oxygen atoms in total. The van der Waals surface area contributed by atoms with Crippen LogP contribution in [0.15, 0.2) is 24.3 Å². The van der Waals surface area contributed by atoms with Crippen LogP contribution in [0, 0.1) is 5.92 Å². The van der Waals surface area contributed by atoms with Crippen LogP contribution in [-0.4, -0.2) is 30.9 Å². The third-order valence-corrected chi connectivity index (χ3v) is 4.22. The van der Waals surface area contributed by atoms with Crippen molar-refractivity contribution in [3.8, 4) is 0 Å². The summed E-state index contributed by atoms with van der Waals surface area (Å²) in [5.41, 5.74) is 0.707. The molecule has 0 N–H and O–H groups in total. The van der Waals surface area contributed by atoms with Gasteiger partial charge in [-0.05, 0) is 51.2 Å². The molecule has 0 spiro atoms. The molecular formula is C17H25BO4. The fourth-order valence-corrected chi connectivity index (χ4v) is 2.08. The summed E-state index contributed by atoms with van der Waals surface area (Å²) in [6.07, 6.45) is 0. The van der Waals surface area contributed by atoms with E-state index in [1.54, 1.807) is 12.1 Å². The molecule has 1 fully saturated rings. The topological polar surface area (TPSA) is 44.8 Å². The Labute approximate surface area is 133 Å². The first-order valence-electron chi connectivity index (χ1n) is 7.75. The van der Waals surface area contributed by atoms with Crippen molar-refractivity contribution >= 4 is 18.6 Å². The van der Waals surface area contributed by atoms with Crippen molar-refractivity contribution in [3.05, 3.63) is 29.8 Å². The smallest absolute Gasteiger partial charge is 0.462 e. The number of carbonyl (C=O) groups is 1. The number of ether oxygens (including phenoxy) is 1. The van der Waals surface area contributed by atoms with Crippen molar-refractivity contribution < 1.29 is 18.8 Å². The van der Waals surface area contributed by atoms with Crippen LogP contribution in [0.2, 0.25) is 0 Å². The molecule has 0 aromatic heterocycles. The highest BCUT2D eigenvalue weighted by molar-refractivity contribution is 6.62. The molecule has 1 heterocycles. The zero-order valence-electron chi connectivity index (χ0n) is 14.3. The number of hydrogen-bond donors (Lipinski definition) is 0. The molecular weight excluding hydrogens is 279 g/mol. The van der Waals surface area contributed by atoms with E-state index in [1.165, 1.54) is 0 Å². The first-order chi connectivity index (χ1) is 10.1. The van der Waals surface area contributed by atoms with Crippen LogP contribution in [-0.2, 0) is 14.0 Å². The minimum Gasteiger partial charge on any atom is -0.462 e. The summed E-state index contributed by atoms with van der Waals surface area (Å²) in [6.45, 7) is 12.5. The van der Waals surface area contributed by atoms with Gasteiger partial charge in [0.05, 0.1) is 23.4 Å². The van der Waals surface area contributed by atoms with E-state index in [2.05, 4.69) is 0 Å². The van der Waals surface area contributed by atoms with E-state index in [9.17, 15) is 4.79 Å². The zero-order valence-corrected chi connectivity index (χ0v) is 14.3. The summed E-state index contributed by atoms with van der Waals surface area (Å²) < 4.78 is 17.2. The Hall–Kier alpha value is -1.33. The minimum atomic E-state index is -0.411. The summed E-state index contributed by atoms with van der Waals surface area (Å²) in [6, 6.07) is 7.22. The molecule has 22 heavy (non-hydrogen) atoms. The lowest BCUT2D eigenvalue weighted by atomic mass is 9.79. The van der Waals surface area contributed by atoms with Gasteiger partial charge in [-0.3, -0.25) is 0 Å². The first kappa shape index (κ1) is 17.0. The molecule has 0 bridgehead atoms. The van der Waals surface area contributed by atoms with Crippen molar-refractivity contribution in [2.24, 2.45) is 5.92 Å². The summed E-state index contributed by atoms with van der Waals surface area (Å²) >= 11 is 0. The van der Waals surface area contributed by atoms with Crippen molar-refractivity contribution in [1.29, 1.82) is 0 Å². The molecule has 1 aliphatic rings. The largest absolute Gasteiger partial charge is 0.494 e. The lowest BCUT2D eigenvalue weighted by molar-refractivity contribution is 0.00578. The Morgan fingerprint density at radius 1 is 1.09 bits per heavy atom. The van der Waals surface area contributed by atoms with Crippen LogP contribution in [0.3, 0.4) is 0 Å². The number of carbonyl (C=O) groups excluding carboxylic acids is 1. The fraction of sp³-hybridized carbons (Fsp3) is 0.588. The third kappa shape index (κ3) is 3.53. The minimum absolute atomic E-state index is 0.297. The molecule has 1 aliphatic heterocycles. The number of hydrogen-bond acceptors (Lipinski definition) is 4. The van der Waals surface area contributed by atoms with E-state index < -0.39 is 7.12 Å². The molecule has 0 radical (unpaired) electrons. The summed E-state index contributed by atoms with van der Waals surface area (Å²) in [7, 11) is -0.411. The molecule has 1 aromatic carbocycles. The lowest BCUT2D eigenvalue weighted by Crippen LogP contribution is -2.41. The van der Waals surface area contributed by atoms with Gasteiger partial charge < -0.3 is 14.0 Å². The maximum atomic E-state index is 11.9. The van der Waals surface area contributed by atoms with Crippen LogP contribution >= 0.6 is 0 Å². The standard InChI is InChI=1S/C17H25BO4/c1-12(2)11-20-15(19)13-7-9-14(10-8-13)18-21-16(3,4)17(5,6)22-18/h7-10,12H,11H2,1-6H3. The predicted molar refractivity (Wildman–Crippen MR) is 87.3 cm³/mol. The van der Waals surface area contributed by atoms with Crippen molar-refractivity contribution in [3.63, 3.8) is 0 Å². The van der Waals surface area contributed by atoms with Gasteiger partial charge in [0, 0.05) is 0 Å². The Morgan fingerprint density at radius 2 is 1.59 bits per heavy atom. The molecule has 120 valence electrons. The summed E-state index contributed by atoms with van der Waals surface area (Å²) in [5.74, 6) is 0.0298. The average molecular weight is 304 g/mol. The fourth-order valence-electron chi connectivity index (χ4n) is 2.08. The normalized spacial score (nSPS) is 19.5. The van der Waals surface area contributed by atoms with E-state index in [0.29, 0.717) is 18.1 Å². The van der Waals surface area contributed by atoms with E-state index in [-0.39, 0.29) is 17.2 Å². The lowest BCUT2D eigenvalue weighted by Gasteiger charge is -2.32. The molecule has 1 aromatic rings. The third-order valence-electron chi connectivity index (χ3n) is 4.22. The van der Waals surface area contributed by atoms with Gasteiger partial charge in [-0.2, -0.15) is 0 Å². The predicted octanol–water partition coefficient (Wildman–Crippen LogP) is 2.80. The monoisotopic (exact) mass is 304 g/mol. The number of rotatable bonds is 4. The highest BCUT2D eigenvalue weighted by Crippen LogP contribution is 2.36. The highest BCUT2D eigenvalue weighted by Gasteiger charge is 2.51. The maximum absolute atomic E-state index is 11.9. The second kappa shape index (κ2) is 6.05. The Balaban J connectivity index is 2.06. The second-order valence-corrected chi connectivity index (χ2v) is 7.20. The van der Waals surface area contributed by atoms with Gasteiger partial charge in [-0.25, -0.2) is 4.79 Å². The number of benzene rings is 1. The van der Waals surface area contributed by atoms with E-state index >= 15 is 0 Å². The molecule has 0 unspecified atom stereocenters. The molecule has 0 atom stereocenters. The molecule has 0 saturated carbocycles. The number of esters is 1. The SMILES string of the molecule is CC(C)COC(=O)c1ccc(B2OC(C)(C)C(C)(C)O2)cc1. The van der Waals surface area contributed by atoms with Crippen LogP contribution in [0.25, 0.3) is 0 Å². The molecule has 1 saturated heterocycles. The van der Waals surface area contributed by atoms with Gasteiger partial charge in [-0.1, -0.05) is 26.0 Å². The average Bonchev–Trinajstić information content (AvgIpc) is 2.65. The Morgan fingerprint density at radius 3 is 2.05 bits per heavy atom. The maximum Gasteiger partial charge on any atom is 0.494 e. The Kier molecular flexibility index (Phi) is 4.69. The molecule has 2 rings (SSSR count). The Bertz CT molecular complexity index is 518. The quantitative estimate of drug-likeness (QED) is 0.634. The van der Waals surface area contributed by atoms with Crippen LogP contribution in [0.4, 0.5) is 0 Å².